The molecule has 3 aromatic carbocycles. The molecule has 0 aliphatic carbocycles. The zero-order valence-electron chi connectivity index (χ0n) is 16.1. The maximum atomic E-state index is 6.04. The van der Waals surface area contributed by atoms with Crippen LogP contribution in [0.3, 0.4) is 0 Å². The van der Waals surface area contributed by atoms with E-state index < -0.39 is 0 Å². The van der Waals surface area contributed by atoms with Crippen molar-refractivity contribution in [3.63, 3.8) is 0 Å². The summed E-state index contributed by atoms with van der Waals surface area (Å²) in [7, 11) is 0. The molecule has 1 aliphatic rings. The molecule has 0 fully saturated rings. The Labute approximate surface area is 179 Å². The average molecular weight is 414 g/mol. The lowest BCUT2D eigenvalue weighted by molar-refractivity contribution is 0.107. The van der Waals surface area contributed by atoms with Gasteiger partial charge in [0, 0.05) is 16.9 Å². The van der Waals surface area contributed by atoms with Crippen molar-refractivity contribution in [3.8, 4) is 34.0 Å². The maximum absolute atomic E-state index is 6.04. The highest BCUT2D eigenvalue weighted by molar-refractivity contribution is 7.99. The zero-order chi connectivity index (χ0) is 20.2. The van der Waals surface area contributed by atoms with Crippen LogP contribution in [-0.2, 0) is 0 Å². The lowest BCUT2D eigenvalue weighted by Crippen LogP contribution is -2.31. The van der Waals surface area contributed by atoms with Crippen molar-refractivity contribution >= 4 is 11.8 Å². The predicted octanol–water partition coefficient (Wildman–Crippen LogP) is 5.14. The summed E-state index contributed by atoms with van der Waals surface area (Å²) >= 11 is 1.52. The molecule has 6 heteroatoms. The van der Waals surface area contributed by atoms with Crippen LogP contribution < -0.4 is 9.47 Å². The van der Waals surface area contributed by atoms with E-state index in [0.29, 0.717) is 17.5 Å². The monoisotopic (exact) mass is 413 g/mol. The molecule has 1 atom stereocenters. The normalized spacial score (nSPS) is 15.0. The van der Waals surface area contributed by atoms with Gasteiger partial charge >= 0.3 is 0 Å². The minimum absolute atomic E-state index is 0.0672. The summed E-state index contributed by atoms with van der Waals surface area (Å²) in [6, 6.07) is 27.8. The van der Waals surface area contributed by atoms with E-state index >= 15 is 0 Å². The van der Waals surface area contributed by atoms with Crippen LogP contribution in [0, 0.1) is 0 Å². The summed E-state index contributed by atoms with van der Waals surface area (Å²) in [6.07, 6.45) is -0.0672. The number of fused-ring (bicyclic) bond motifs is 1. The number of rotatable bonds is 5. The molecule has 148 valence electrons. The molecule has 2 heterocycles. The second-order valence-electron chi connectivity index (χ2n) is 6.83. The van der Waals surface area contributed by atoms with Gasteiger partial charge in [-0.25, -0.2) is 4.98 Å². The number of ether oxygens (including phenoxy) is 2. The van der Waals surface area contributed by atoms with E-state index in [9.17, 15) is 0 Å². The van der Waals surface area contributed by atoms with Crippen LogP contribution in [0.25, 0.3) is 22.5 Å². The topological polar surface area (TPSA) is 57.1 Å². The van der Waals surface area contributed by atoms with E-state index in [4.69, 9.17) is 14.5 Å². The SMILES string of the molecule is c1ccc(-c2nnc(SC[C@H]3COc4ccccc4O3)nc2-c2ccccc2)cc1. The number of thioether (sulfide) groups is 1. The summed E-state index contributed by atoms with van der Waals surface area (Å²) in [5.74, 6) is 2.24. The van der Waals surface area contributed by atoms with Gasteiger partial charge in [0.05, 0.1) is 0 Å². The van der Waals surface area contributed by atoms with E-state index in [1.165, 1.54) is 11.8 Å². The number of hydrogen-bond acceptors (Lipinski definition) is 6. The van der Waals surface area contributed by atoms with Gasteiger partial charge in [-0.05, 0) is 12.1 Å². The van der Waals surface area contributed by atoms with Crippen LogP contribution in [0.2, 0.25) is 0 Å². The Morgan fingerprint density at radius 1 is 0.733 bits per heavy atom. The smallest absolute Gasteiger partial charge is 0.209 e. The third-order valence-electron chi connectivity index (χ3n) is 4.73. The second kappa shape index (κ2) is 8.55. The van der Waals surface area contributed by atoms with E-state index in [1.54, 1.807) is 0 Å². The molecular formula is C24H19N3O2S. The zero-order valence-corrected chi connectivity index (χ0v) is 17.0. The first-order chi connectivity index (χ1) is 14.9. The van der Waals surface area contributed by atoms with Gasteiger partial charge in [-0.1, -0.05) is 84.6 Å². The van der Waals surface area contributed by atoms with Crippen LogP contribution in [0.15, 0.2) is 90.1 Å². The first-order valence-corrected chi connectivity index (χ1v) is 10.7. The number of nitrogens with zero attached hydrogens (tertiary/aromatic N) is 3. The largest absolute Gasteiger partial charge is 0.486 e. The van der Waals surface area contributed by atoms with Crippen molar-refractivity contribution in [1.29, 1.82) is 0 Å². The lowest BCUT2D eigenvalue weighted by atomic mass is 10.0. The van der Waals surface area contributed by atoms with Crippen molar-refractivity contribution in [1.82, 2.24) is 15.2 Å². The highest BCUT2D eigenvalue weighted by Crippen LogP contribution is 2.33. The Kier molecular flexibility index (Phi) is 5.31. The first-order valence-electron chi connectivity index (χ1n) is 9.74. The fourth-order valence-corrected chi connectivity index (χ4v) is 4.03. The average Bonchev–Trinajstić information content (AvgIpc) is 2.83. The molecule has 0 unspecified atom stereocenters. The van der Waals surface area contributed by atoms with Crippen LogP contribution in [-0.4, -0.2) is 33.6 Å². The van der Waals surface area contributed by atoms with Crippen LogP contribution in [0.5, 0.6) is 11.5 Å². The number of hydrogen-bond donors (Lipinski definition) is 0. The Morgan fingerprint density at radius 3 is 2.10 bits per heavy atom. The van der Waals surface area contributed by atoms with Gasteiger partial charge in [0.1, 0.15) is 24.1 Å². The van der Waals surface area contributed by atoms with Gasteiger partial charge in [0.15, 0.2) is 11.5 Å². The van der Waals surface area contributed by atoms with Crippen LogP contribution in [0.1, 0.15) is 0 Å². The van der Waals surface area contributed by atoms with Crippen molar-refractivity contribution < 1.29 is 9.47 Å². The molecule has 5 nitrogen and oxygen atoms in total. The Bertz CT molecular complexity index is 1140. The van der Waals surface area contributed by atoms with E-state index in [1.807, 2.05) is 84.9 Å². The second-order valence-corrected chi connectivity index (χ2v) is 7.82. The van der Waals surface area contributed by atoms with Gasteiger partial charge in [-0.15, -0.1) is 10.2 Å². The molecule has 0 saturated carbocycles. The third kappa shape index (κ3) is 4.00. The Hall–Kier alpha value is -3.38. The summed E-state index contributed by atoms with van der Waals surface area (Å²) in [5.41, 5.74) is 3.61. The number of aromatic nitrogens is 3. The van der Waals surface area contributed by atoms with Gasteiger partial charge < -0.3 is 9.47 Å². The number of benzene rings is 3. The molecule has 0 amide bonds. The van der Waals surface area contributed by atoms with Crippen molar-refractivity contribution in [2.75, 3.05) is 12.4 Å². The molecule has 0 bridgehead atoms. The Balaban J connectivity index is 1.39. The molecular weight excluding hydrogens is 394 g/mol. The summed E-state index contributed by atoms with van der Waals surface area (Å²) in [6.45, 7) is 0.505. The summed E-state index contributed by atoms with van der Waals surface area (Å²) < 4.78 is 11.8. The van der Waals surface area contributed by atoms with Gasteiger partial charge in [-0.3, -0.25) is 0 Å². The van der Waals surface area contributed by atoms with E-state index in [-0.39, 0.29) is 6.10 Å². The minimum Gasteiger partial charge on any atom is -0.486 e. The quantitative estimate of drug-likeness (QED) is 0.423. The molecule has 30 heavy (non-hydrogen) atoms. The molecule has 0 saturated heterocycles. The van der Waals surface area contributed by atoms with Gasteiger partial charge in [0.2, 0.25) is 5.16 Å². The summed E-state index contributed by atoms with van der Waals surface area (Å²) in [5, 5.41) is 9.52. The highest BCUT2D eigenvalue weighted by atomic mass is 32.2. The van der Waals surface area contributed by atoms with Crippen LogP contribution in [0.4, 0.5) is 0 Å². The standard InChI is InChI=1S/C24H19N3O2S/c1-3-9-17(10-4-1)22-23(18-11-5-2-6-12-18)26-27-24(25-22)30-16-19-15-28-20-13-7-8-14-21(20)29-19/h1-14,19H,15-16H2/t19-/m1/s1. The Morgan fingerprint density at radius 2 is 1.37 bits per heavy atom. The predicted molar refractivity (Wildman–Crippen MR) is 118 cm³/mol. The fraction of sp³-hybridized carbons (Fsp3) is 0.125. The van der Waals surface area contributed by atoms with Crippen molar-refractivity contribution in [2.45, 2.75) is 11.3 Å². The molecule has 1 aliphatic heterocycles. The maximum Gasteiger partial charge on any atom is 0.209 e. The molecule has 0 spiro atoms. The van der Waals surface area contributed by atoms with E-state index in [0.717, 1.165) is 34.0 Å². The molecule has 5 rings (SSSR count). The molecule has 4 aromatic rings. The van der Waals surface area contributed by atoms with Crippen molar-refractivity contribution in [3.05, 3.63) is 84.9 Å². The minimum atomic E-state index is -0.0672. The molecule has 0 radical (unpaired) electrons. The molecule has 1 aromatic heterocycles. The number of para-hydroxylation sites is 2. The molecule has 0 N–H and O–H groups in total. The summed E-state index contributed by atoms with van der Waals surface area (Å²) in [4.78, 5) is 4.84. The third-order valence-corrected chi connectivity index (χ3v) is 5.70. The first kappa shape index (κ1) is 18.6. The lowest BCUT2D eigenvalue weighted by Gasteiger charge is -2.25. The highest BCUT2D eigenvalue weighted by Gasteiger charge is 2.22. The fourth-order valence-electron chi connectivity index (χ4n) is 3.27. The van der Waals surface area contributed by atoms with E-state index in [2.05, 4.69) is 10.2 Å². The van der Waals surface area contributed by atoms with Gasteiger partial charge in [-0.2, -0.15) is 0 Å². The van der Waals surface area contributed by atoms with Crippen molar-refractivity contribution in [2.24, 2.45) is 0 Å². The van der Waals surface area contributed by atoms with Gasteiger partial charge in [0.25, 0.3) is 0 Å². The van der Waals surface area contributed by atoms with Crippen LogP contribution >= 0.6 is 11.8 Å².